The molecule has 45 heavy (non-hydrogen) atoms. The van der Waals surface area contributed by atoms with Crippen molar-refractivity contribution in [3.05, 3.63) is 109 Å². The predicted octanol–water partition coefficient (Wildman–Crippen LogP) is 15.6. The fourth-order valence-corrected chi connectivity index (χ4v) is 15.3. The molecule has 0 aliphatic carbocycles. The quantitative estimate of drug-likeness (QED) is 0.145. The van der Waals surface area contributed by atoms with Crippen LogP contribution >= 0.6 is 102 Å². The first-order valence-corrected chi connectivity index (χ1v) is 21.5. The van der Waals surface area contributed by atoms with E-state index >= 15 is 0 Å². The first-order valence-electron chi connectivity index (χ1n) is 14.1. The number of rotatable bonds is 0. The van der Waals surface area contributed by atoms with Crippen LogP contribution in [0, 0.1) is 0 Å². The van der Waals surface area contributed by atoms with Gasteiger partial charge in [0.1, 0.15) is 0 Å². The van der Waals surface area contributed by atoms with Gasteiger partial charge in [0, 0.05) is 87.8 Å². The Hall–Kier alpha value is -2.70. The topological polar surface area (TPSA) is 0 Å². The second-order valence-electron chi connectivity index (χ2n) is 10.5. The Bertz CT molecular complexity index is 1770. The Labute approximate surface area is 296 Å². The summed E-state index contributed by atoms with van der Waals surface area (Å²) in [7, 11) is 0. The summed E-state index contributed by atoms with van der Waals surface area (Å²) >= 11 is 17.1. The molecule has 0 saturated carbocycles. The summed E-state index contributed by atoms with van der Waals surface area (Å²) in [4.78, 5) is 24.1. The summed E-state index contributed by atoms with van der Waals surface area (Å²) in [6.07, 6.45) is 0. The van der Waals surface area contributed by atoms with Crippen molar-refractivity contribution in [2.24, 2.45) is 0 Å². The molecular weight excluding hydrogens is 721 g/mol. The molecule has 0 amide bonds. The van der Waals surface area contributed by atoms with Gasteiger partial charge in [0.2, 0.25) is 0 Å². The highest BCUT2D eigenvalue weighted by molar-refractivity contribution is 7.33. The summed E-state index contributed by atoms with van der Waals surface area (Å²) in [5.41, 5.74) is 0. The van der Waals surface area contributed by atoms with Crippen molar-refractivity contribution < 1.29 is 0 Å². The highest BCUT2D eigenvalue weighted by atomic mass is 32.1. The van der Waals surface area contributed by atoms with Crippen LogP contribution in [0.15, 0.2) is 109 Å². The largest absolute Gasteiger partial charge is 0.134 e. The molecule has 1 aliphatic heterocycles. The normalized spacial score (nSPS) is 12.0. The third-order valence-corrected chi connectivity index (χ3v) is 19.2. The lowest BCUT2D eigenvalue weighted by Gasteiger charge is -1.93. The van der Waals surface area contributed by atoms with Gasteiger partial charge in [0.15, 0.2) is 0 Å². The van der Waals surface area contributed by atoms with Crippen molar-refractivity contribution in [2.75, 3.05) is 0 Å². The number of thiophene rings is 9. The highest BCUT2D eigenvalue weighted by Crippen LogP contribution is 2.49. The van der Waals surface area contributed by atoms with Crippen molar-refractivity contribution in [3.8, 4) is 87.8 Å². The molecule has 18 bridgehead atoms. The molecule has 0 saturated heterocycles. The van der Waals surface area contributed by atoms with Crippen LogP contribution in [-0.2, 0) is 0 Å². The van der Waals surface area contributed by atoms with E-state index < -0.39 is 0 Å². The minimum Gasteiger partial charge on any atom is -0.134 e. The molecule has 10 rings (SSSR count). The Morgan fingerprint density at radius 3 is 0.267 bits per heavy atom. The fourth-order valence-electron chi connectivity index (χ4n) is 5.42. The van der Waals surface area contributed by atoms with E-state index in [1.165, 1.54) is 87.8 Å². The van der Waals surface area contributed by atoms with Crippen LogP contribution in [0.2, 0.25) is 0 Å². The monoisotopic (exact) mass is 738 g/mol. The van der Waals surface area contributed by atoms with Crippen molar-refractivity contribution in [3.63, 3.8) is 0 Å². The van der Waals surface area contributed by atoms with Gasteiger partial charge in [-0.25, -0.2) is 0 Å². The minimum atomic E-state index is 1.34. The summed E-state index contributed by atoms with van der Waals surface area (Å²) in [5.74, 6) is 0. The lowest BCUT2D eigenvalue weighted by Crippen LogP contribution is -1.59. The zero-order chi connectivity index (χ0) is 29.5. The number of fused-ring (bicyclic) bond motifs is 27. The first-order chi connectivity index (χ1) is 22.2. The maximum atomic E-state index is 2.29. The second-order valence-corrected chi connectivity index (χ2v) is 20.2. The molecule has 0 spiro atoms. The van der Waals surface area contributed by atoms with Crippen molar-refractivity contribution >= 4 is 102 Å². The van der Waals surface area contributed by atoms with Crippen LogP contribution in [0.3, 0.4) is 0 Å². The van der Waals surface area contributed by atoms with E-state index in [2.05, 4.69) is 109 Å². The van der Waals surface area contributed by atoms with Crippen LogP contribution in [0.1, 0.15) is 0 Å². The van der Waals surface area contributed by atoms with Gasteiger partial charge in [0.25, 0.3) is 0 Å². The molecule has 0 atom stereocenters. The van der Waals surface area contributed by atoms with E-state index in [0.717, 1.165) is 0 Å². The molecule has 0 fully saturated rings. The molecular formula is C36H18S9. The highest BCUT2D eigenvalue weighted by Gasteiger charge is 2.17. The van der Waals surface area contributed by atoms with Gasteiger partial charge in [-0.15, -0.1) is 102 Å². The van der Waals surface area contributed by atoms with Gasteiger partial charge in [0.05, 0.1) is 0 Å². The van der Waals surface area contributed by atoms with Crippen LogP contribution in [-0.4, -0.2) is 0 Å². The zero-order valence-corrected chi connectivity index (χ0v) is 30.4. The van der Waals surface area contributed by atoms with E-state index in [1.807, 2.05) is 102 Å². The van der Waals surface area contributed by atoms with Crippen LogP contribution in [0.5, 0.6) is 0 Å². The van der Waals surface area contributed by atoms with Crippen LogP contribution in [0.25, 0.3) is 87.8 Å². The van der Waals surface area contributed by atoms with Crippen molar-refractivity contribution in [1.82, 2.24) is 0 Å². The average Bonchev–Trinajstić information content (AvgIpc) is 3.93. The third-order valence-electron chi connectivity index (χ3n) is 7.64. The zero-order valence-electron chi connectivity index (χ0n) is 23.1. The summed E-state index contributed by atoms with van der Waals surface area (Å²) < 4.78 is 0. The van der Waals surface area contributed by atoms with E-state index in [-0.39, 0.29) is 0 Å². The molecule has 0 aromatic carbocycles. The van der Waals surface area contributed by atoms with Gasteiger partial charge in [-0.1, -0.05) is 0 Å². The van der Waals surface area contributed by atoms with Gasteiger partial charge in [-0.3, -0.25) is 0 Å². The van der Waals surface area contributed by atoms with E-state index in [4.69, 9.17) is 0 Å². The molecule has 9 aromatic rings. The van der Waals surface area contributed by atoms with Crippen molar-refractivity contribution in [1.29, 1.82) is 0 Å². The van der Waals surface area contributed by atoms with E-state index in [9.17, 15) is 0 Å². The molecule has 9 aromatic heterocycles. The Kier molecular flexibility index (Phi) is 6.67. The summed E-state index contributed by atoms with van der Waals surface area (Å²) in [5, 5.41) is 0. The average molecular weight is 739 g/mol. The number of hydrogen-bond donors (Lipinski definition) is 0. The number of hydrogen-bond acceptors (Lipinski definition) is 9. The van der Waals surface area contributed by atoms with E-state index in [0.29, 0.717) is 0 Å². The second kappa shape index (κ2) is 10.9. The Balaban J connectivity index is 1.07. The molecule has 0 radical (unpaired) electrons. The van der Waals surface area contributed by atoms with Gasteiger partial charge < -0.3 is 0 Å². The molecule has 0 unspecified atom stereocenters. The lowest BCUT2D eigenvalue weighted by molar-refractivity contribution is 1.88. The standard InChI is InChI=1S/C36H18S9/c1-2-20-22-5-6-25(39-22)26-9-10-29(41-26)30-13-14-33(43-30)34-17-18-36(45-34)35-16-15-32(44-35)31-12-11-28(42-31)27-8-7-24(40-27)23-4-3-21(38-23)19(1)37-20/h1-18H. The van der Waals surface area contributed by atoms with Crippen LogP contribution < -0.4 is 0 Å². The molecule has 9 heteroatoms. The molecule has 10 heterocycles. The fraction of sp³-hybridized carbons (Fsp3) is 0. The van der Waals surface area contributed by atoms with Crippen molar-refractivity contribution in [2.45, 2.75) is 0 Å². The Morgan fingerprint density at radius 2 is 0.200 bits per heavy atom. The summed E-state index contributed by atoms with van der Waals surface area (Å²) in [6.45, 7) is 0. The predicted molar refractivity (Wildman–Crippen MR) is 210 cm³/mol. The molecule has 216 valence electrons. The van der Waals surface area contributed by atoms with Gasteiger partial charge in [-0.2, -0.15) is 0 Å². The maximum absolute atomic E-state index is 2.29. The minimum absolute atomic E-state index is 1.34. The van der Waals surface area contributed by atoms with E-state index in [1.54, 1.807) is 0 Å². The van der Waals surface area contributed by atoms with Gasteiger partial charge >= 0.3 is 0 Å². The molecule has 1 aliphatic rings. The Morgan fingerprint density at radius 1 is 0.133 bits per heavy atom. The lowest BCUT2D eigenvalue weighted by atomic mass is 10.3. The SMILES string of the molecule is c1cc2sc1-c1ccc(s1)-c1ccc(s1)-c1ccc(s1)-c1ccc(s1)-c1ccc(s1)-c1ccc(s1)-c1ccc(s1)-c1ccc-2s1. The third kappa shape index (κ3) is 4.88. The molecule has 0 N–H and O–H groups in total. The van der Waals surface area contributed by atoms with Gasteiger partial charge in [-0.05, 0) is 109 Å². The smallest absolute Gasteiger partial charge is 0.0449 e. The first kappa shape index (κ1) is 27.4. The molecule has 0 nitrogen and oxygen atoms in total. The summed E-state index contributed by atoms with van der Waals surface area (Å²) in [6, 6.07) is 41.3. The van der Waals surface area contributed by atoms with Crippen LogP contribution in [0.4, 0.5) is 0 Å². The maximum Gasteiger partial charge on any atom is 0.0449 e.